The molecule has 0 aliphatic rings. The lowest BCUT2D eigenvalue weighted by Gasteiger charge is -1.94. The van der Waals surface area contributed by atoms with Gasteiger partial charge in [-0.2, -0.15) is 0 Å². The molecule has 14 heavy (non-hydrogen) atoms. The van der Waals surface area contributed by atoms with Crippen molar-refractivity contribution < 1.29 is 9.90 Å². The summed E-state index contributed by atoms with van der Waals surface area (Å²) in [6.45, 7) is 2.14. The molecule has 1 heterocycles. The molecule has 1 aromatic rings. The van der Waals surface area contributed by atoms with Gasteiger partial charge in [0.1, 0.15) is 4.88 Å². The Morgan fingerprint density at radius 3 is 2.79 bits per heavy atom. The second-order valence-electron chi connectivity index (χ2n) is 3.26. The smallest absolute Gasteiger partial charge is 0.348 e. The lowest BCUT2D eigenvalue weighted by atomic mass is 10.2. The Bertz CT molecular complexity index is 320. The fraction of sp³-hybridized carbons (Fsp3) is 0.500. The summed E-state index contributed by atoms with van der Waals surface area (Å²) < 4.78 is 0. The molecule has 3 nitrogen and oxygen atoms in total. The number of hydrogen-bond donors (Lipinski definition) is 2. The second kappa shape index (κ2) is 5.00. The Balaban J connectivity index is 2.62. The van der Waals surface area contributed by atoms with Gasteiger partial charge in [-0.15, -0.1) is 11.3 Å². The molecule has 0 fully saturated rings. The summed E-state index contributed by atoms with van der Waals surface area (Å²) in [5, 5.41) is 8.78. The van der Waals surface area contributed by atoms with Crippen LogP contribution in [0.15, 0.2) is 6.07 Å². The van der Waals surface area contributed by atoms with Crippen LogP contribution in [0.4, 0.5) is 5.69 Å². The Labute approximate surface area is 87.6 Å². The van der Waals surface area contributed by atoms with Crippen molar-refractivity contribution in [2.75, 3.05) is 5.73 Å². The maximum atomic E-state index is 10.7. The molecule has 0 radical (unpaired) electrons. The lowest BCUT2D eigenvalue weighted by Crippen LogP contribution is -1.96. The van der Waals surface area contributed by atoms with Crippen LogP contribution in [-0.4, -0.2) is 11.1 Å². The Hall–Kier alpha value is -1.03. The van der Waals surface area contributed by atoms with Gasteiger partial charge in [0.2, 0.25) is 0 Å². The van der Waals surface area contributed by atoms with Crippen LogP contribution in [0, 0.1) is 0 Å². The monoisotopic (exact) mass is 213 g/mol. The van der Waals surface area contributed by atoms with E-state index in [0.29, 0.717) is 5.69 Å². The van der Waals surface area contributed by atoms with Crippen LogP contribution in [0.2, 0.25) is 0 Å². The van der Waals surface area contributed by atoms with Crippen LogP contribution in [0.3, 0.4) is 0 Å². The van der Waals surface area contributed by atoms with E-state index in [-0.39, 0.29) is 4.88 Å². The van der Waals surface area contributed by atoms with Crippen molar-refractivity contribution in [3.8, 4) is 0 Å². The van der Waals surface area contributed by atoms with E-state index in [4.69, 9.17) is 10.8 Å². The summed E-state index contributed by atoms with van der Waals surface area (Å²) >= 11 is 1.29. The maximum absolute atomic E-state index is 10.7. The van der Waals surface area contributed by atoms with Gasteiger partial charge in [-0.05, 0) is 18.9 Å². The third-order valence-corrected chi connectivity index (χ3v) is 3.23. The maximum Gasteiger partial charge on any atom is 0.348 e. The number of carboxylic acid groups (broad SMARTS) is 1. The highest BCUT2D eigenvalue weighted by Gasteiger charge is 2.12. The fourth-order valence-corrected chi connectivity index (χ4v) is 2.26. The number of carbonyl (C=O) groups is 1. The first-order valence-corrected chi connectivity index (χ1v) is 5.58. The van der Waals surface area contributed by atoms with Crippen molar-refractivity contribution in [2.45, 2.75) is 32.6 Å². The van der Waals surface area contributed by atoms with Crippen molar-refractivity contribution in [2.24, 2.45) is 0 Å². The van der Waals surface area contributed by atoms with E-state index in [1.807, 2.05) is 0 Å². The molecule has 0 aromatic carbocycles. The summed E-state index contributed by atoms with van der Waals surface area (Å²) in [7, 11) is 0. The van der Waals surface area contributed by atoms with Gasteiger partial charge < -0.3 is 10.8 Å². The summed E-state index contributed by atoms with van der Waals surface area (Å²) in [5.41, 5.74) is 5.97. The van der Waals surface area contributed by atoms with E-state index < -0.39 is 5.97 Å². The second-order valence-corrected chi connectivity index (χ2v) is 4.40. The van der Waals surface area contributed by atoms with Gasteiger partial charge in [-0.1, -0.05) is 19.8 Å². The molecule has 0 unspecified atom stereocenters. The third-order valence-electron chi connectivity index (χ3n) is 2.03. The average molecular weight is 213 g/mol. The quantitative estimate of drug-likeness (QED) is 0.739. The van der Waals surface area contributed by atoms with E-state index >= 15 is 0 Å². The number of nitrogens with two attached hydrogens (primary N) is 1. The zero-order chi connectivity index (χ0) is 10.6. The minimum absolute atomic E-state index is 0.275. The molecule has 78 valence electrons. The number of aromatic carboxylic acids is 1. The molecular weight excluding hydrogens is 198 g/mol. The third kappa shape index (κ3) is 2.73. The van der Waals surface area contributed by atoms with Gasteiger partial charge in [0.05, 0.1) is 5.69 Å². The minimum Gasteiger partial charge on any atom is -0.477 e. The van der Waals surface area contributed by atoms with Crippen LogP contribution < -0.4 is 5.73 Å². The highest BCUT2D eigenvalue weighted by Crippen LogP contribution is 2.25. The Morgan fingerprint density at radius 1 is 1.57 bits per heavy atom. The van der Waals surface area contributed by atoms with Crippen molar-refractivity contribution in [3.63, 3.8) is 0 Å². The molecule has 4 heteroatoms. The van der Waals surface area contributed by atoms with E-state index in [9.17, 15) is 4.79 Å². The van der Waals surface area contributed by atoms with Gasteiger partial charge >= 0.3 is 5.97 Å². The molecule has 0 aliphatic carbocycles. The normalized spacial score (nSPS) is 10.4. The van der Waals surface area contributed by atoms with Gasteiger partial charge in [0.25, 0.3) is 0 Å². The van der Waals surface area contributed by atoms with Crippen molar-refractivity contribution in [3.05, 3.63) is 15.8 Å². The van der Waals surface area contributed by atoms with Crippen LogP contribution in [0.5, 0.6) is 0 Å². The van der Waals surface area contributed by atoms with E-state index in [1.165, 1.54) is 24.2 Å². The van der Waals surface area contributed by atoms with Crippen molar-refractivity contribution in [1.82, 2.24) is 0 Å². The summed E-state index contributed by atoms with van der Waals surface area (Å²) in [6.07, 6.45) is 4.40. The predicted molar refractivity (Wildman–Crippen MR) is 58.9 cm³/mol. The zero-order valence-corrected chi connectivity index (χ0v) is 9.06. The van der Waals surface area contributed by atoms with E-state index in [2.05, 4.69) is 6.92 Å². The van der Waals surface area contributed by atoms with Gasteiger partial charge in [0, 0.05) is 4.88 Å². The highest BCUT2D eigenvalue weighted by atomic mass is 32.1. The van der Waals surface area contributed by atoms with Gasteiger partial charge in [-0.25, -0.2) is 4.79 Å². The summed E-state index contributed by atoms with van der Waals surface area (Å²) in [4.78, 5) is 12.0. The molecule has 0 saturated carbocycles. The first-order chi connectivity index (χ1) is 6.65. The van der Waals surface area contributed by atoms with Gasteiger partial charge in [0.15, 0.2) is 0 Å². The van der Waals surface area contributed by atoms with E-state index in [1.54, 1.807) is 6.07 Å². The van der Waals surface area contributed by atoms with Crippen LogP contribution in [-0.2, 0) is 6.42 Å². The average Bonchev–Trinajstić information content (AvgIpc) is 2.47. The summed E-state index contributed by atoms with van der Waals surface area (Å²) in [5.74, 6) is -0.922. The molecule has 0 spiro atoms. The SMILES string of the molecule is CCCCCc1cc(N)c(C(=O)O)s1. The number of thiophene rings is 1. The zero-order valence-electron chi connectivity index (χ0n) is 8.25. The van der Waals surface area contributed by atoms with Crippen molar-refractivity contribution >= 4 is 23.0 Å². The van der Waals surface area contributed by atoms with Crippen LogP contribution >= 0.6 is 11.3 Å². The Kier molecular flexibility index (Phi) is 3.95. The minimum atomic E-state index is -0.922. The molecule has 0 bridgehead atoms. The van der Waals surface area contributed by atoms with Gasteiger partial charge in [-0.3, -0.25) is 0 Å². The first-order valence-electron chi connectivity index (χ1n) is 4.76. The molecule has 0 saturated heterocycles. The molecule has 3 N–H and O–H groups in total. The standard InChI is InChI=1S/C10H15NO2S/c1-2-3-4-5-7-6-8(11)9(14-7)10(12)13/h6H,2-5,11H2,1H3,(H,12,13). The predicted octanol–water partition coefficient (Wildman–Crippen LogP) is 2.76. The molecule has 1 rings (SSSR count). The molecular formula is C10H15NO2S. The van der Waals surface area contributed by atoms with Crippen LogP contribution in [0.1, 0.15) is 40.7 Å². The topological polar surface area (TPSA) is 63.3 Å². The molecule has 0 atom stereocenters. The lowest BCUT2D eigenvalue weighted by molar-refractivity contribution is 0.0703. The number of aryl methyl sites for hydroxylation is 1. The number of rotatable bonds is 5. The number of anilines is 1. The number of nitrogen functional groups attached to an aromatic ring is 1. The highest BCUT2D eigenvalue weighted by molar-refractivity contribution is 7.14. The fourth-order valence-electron chi connectivity index (χ4n) is 1.30. The number of unbranched alkanes of at least 4 members (excludes halogenated alkanes) is 2. The van der Waals surface area contributed by atoms with Crippen molar-refractivity contribution in [1.29, 1.82) is 0 Å². The first kappa shape index (κ1) is 11.0. The number of hydrogen-bond acceptors (Lipinski definition) is 3. The summed E-state index contributed by atoms with van der Waals surface area (Å²) in [6, 6.07) is 1.78. The molecule has 0 aliphatic heterocycles. The molecule has 1 aromatic heterocycles. The molecule has 0 amide bonds. The van der Waals surface area contributed by atoms with E-state index in [0.717, 1.165) is 17.7 Å². The Morgan fingerprint density at radius 2 is 2.29 bits per heavy atom. The number of carboxylic acids is 1. The van der Waals surface area contributed by atoms with Crippen LogP contribution in [0.25, 0.3) is 0 Å². The largest absolute Gasteiger partial charge is 0.477 e.